The number of nitrogens with zero attached hydrogens (tertiary/aromatic N) is 6. The summed E-state index contributed by atoms with van der Waals surface area (Å²) in [6.07, 6.45) is -12.7. The second kappa shape index (κ2) is 10.6. The van der Waals surface area contributed by atoms with Crippen LogP contribution in [0.15, 0.2) is 23.4 Å². The lowest BCUT2D eigenvalue weighted by Gasteiger charge is -2.28. The Morgan fingerprint density at radius 1 is 0.975 bits per heavy atom. The summed E-state index contributed by atoms with van der Waals surface area (Å²) in [5.74, 6) is -0.196. The summed E-state index contributed by atoms with van der Waals surface area (Å²) in [6.45, 7) is -0.0412. The molecular weight excluding hydrogens is 567 g/mol. The van der Waals surface area contributed by atoms with Crippen molar-refractivity contribution in [2.75, 3.05) is 23.4 Å². The quantitative estimate of drug-likeness (QED) is 0.402. The molecule has 3 aromatic rings. The van der Waals surface area contributed by atoms with E-state index in [0.29, 0.717) is 12.4 Å². The third kappa shape index (κ3) is 6.28. The molecule has 4 rings (SSSR count). The summed E-state index contributed by atoms with van der Waals surface area (Å²) in [4.78, 5) is 20.1. The standard InChI is InChI=1S/C21H19F9N8O2/c1-10(34-12-6-33-35-17(39)16(12)21(28,29)30)8-40-9-13-15(20(25,26)27)14-7-37(2-3-38(14)36-13)18-31-4-11(5-32-18)19(22,23)24/h4-6,10H,2-3,7-9H2,1H3,(H2,34,35,39). The molecule has 1 aliphatic rings. The van der Waals surface area contributed by atoms with Crippen molar-refractivity contribution in [1.29, 1.82) is 0 Å². The van der Waals surface area contributed by atoms with Gasteiger partial charge in [0, 0.05) is 25.0 Å². The van der Waals surface area contributed by atoms with Gasteiger partial charge in [0.1, 0.15) is 16.8 Å². The van der Waals surface area contributed by atoms with Gasteiger partial charge in [0.2, 0.25) is 5.95 Å². The van der Waals surface area contributed by atoms with E-state index in [2.05, 4.69) is 25.5 Å². The van der Waals surface area contributed by atoms with Gasteiger partial charge in [-0.25, -0.2) is 15.1 Å². The Morgan fingerprint density at radius 2 is 1.62 bits per heavy atom. The number of H-pyrrole nitrogens is 1. The number of ether oxygens (including phenoxy) is 1. The summed E-state index contributed by atoms with van der Waals surface area (Å²) in [5, 5.41) is 11.4. The number of fused-ring (bicyclic) bond motifs is 1. The molecule has 19 heteroatoms. The van der Waals surface area contributed by atoms with Gasteiger partial charge in [-0.3, -0.25) is 9.48 Å². The van der Waals surface area contributed by atoms with Crippen LogP contribution in [-0.2, 0) is 43.0 Å². The molecule has 0 amide bonds. The number of rotatable bonds is 7. The highest BCUT2D eigenvalue weighted by atomic mass is 19.4. The Hall–Kier alpha value is -3.90. The Bertz CT molecular complexity index is 1400. The fraction of sp³-hybridized carbons (Fsp3) is 0.476. The first-order chi connectivity index (χ1) is 18.6. The van der Waals surface area contributed by atoms with Gasteiger partial charge in [0.15, 0.2) is 0 Å². The lowest BCUT2D eigenvalue weighted by Crippen LogP contribution is -2.36. The molecule has 10 nitrogen and oxygen atoms in total. The van der Waals surface area contributed by atoms with Gasteiger partial charge in [-0.1, -0.05) is 0 Å². The number of hydrogen-bond donors (Lipinski definition) is 2. The minimum Gasteiger partial charge on any atom is -0.378 e. The molecule has 0 aromatic carbocycles. The predicted octanol–water partition coefficient (Wildman–Crippen LogP) is 3.85. The van der Waals surface area contributed by atoms with Gasteiger partial charge in [-0.2, -0.15) is 49.7 Å². The van der Waals surface area contributed by atoms with Crippen LogP contribution in [0.3, 0.4) is 0 Å². The topological polar surface area (TPSA) is 114 Å². The number of nitrogens with one attached hydrogen (secondary N) is 2. The SMILES string of the molecule is CC(COCc1nn2c(c1C(F)(F)F)CN(c1ncc(C(F)(F)F)cn1)CC2)Nc1cn[nH]c(=O)c1C(F)(F)F. The number of hydrogen-bond acceptors (Lipinski definition) is 8. The molecule has 0 bridgehead atoms. The van der Waals surface area contributed by atoms with Crippen LogP contribution in [0.5, 0.6) is 0 Å². The monoisotopic (exact) mass is 586 g/mol. The van der Waals surface area contributed by atoms with Gasteiger partial charge in [0.25, 0.3) is 5.56 Å². The first kappa shape index (κ1) is 29.1. The lowest BCUT2D eigenvalue weighted by molar-refractivity contribution is -0.140. The zero-order valence-corrected chi connectivity index (χ0v) is 20.2. The van der Waals surface area contributed by atoms with Gasteiger partial charge < -0.3 is 15.0 Å². The summed E-state index contributed by atoms with van der Waals surface area (Å²) in [5.41, 5.74) is -6.61. The second-order valence-electron chi connectivity index (χ2n) is 8.73. The van der Waals surface area contributed by atoms with E-state index in [9.17, 15) is 44.3 Å². The summed E-state index contributed by atoms with van der Waals surface area (Å²) in [7, 11) is 0. The van der Waals surface area contributed by atoms with Crippen LogP contribution in [0, 0.1) is 0 Å². The third-order valence-corrected chi connectivity index (χ3v) is 5.73. The van der Waals surface area contributed by atoms with Crippen molar-refractivity contribution in [3.05, 3.63) is 57.0 Å². The molecule has 1 atom stereocenters. The molecular formula is C21H19F9N8O2. The van der Waals surface area contributed by atoms with Crippen molar-refractivity contribution >= 4 is 11.6 Å². The van der Waals surface area contributed by atoms with E-state index < -0.39 is 71.4 Å². The molecule has 0 saturated heterocycles. The predicted molar refractivity (Wildman–Crippen MR) is 118 cm³/mol. The minimum atomic E-state index is -4.99. The van der Waals surface area contributed by atoms with E-state index in [1.54, 1.807) is 5.10 Å². The highest BCUT2D eigenvalue weighted by Crippen LogP contribution is 2.37. The van der Waals surface area contributed by atoms with Crippen molar-refractivity contribution in [2.45, 2.75) is 51.2 Å². The van der Waals surface area contributed by atoms with Crippen LogP contribution in [-0.4, -0.2) is 49.1 Å². The maximum atomic E-state index is 14.0. The van der Waals surface area contributed by atoms with Crippen LogP contribution in [0.25, 0.3) is 0 Å². The fourth-order valence-electron chi connectivity index (χ4n) is 4.03. The molecule has 1 unspecified atom stereocenters. The van der Waals surface area contributed by atoms with Crippen molar-refractivity contribution in [3.63, 3.8) is 0 Å². The van der Waals surface area contributed by atoms with Crippen LogP contribution in [0.1, 0.15) is 35.0 Å². The Labute approximate surface area is 218 Å². The molecule has 2 N–H and O–H groups in total. The number of alkyl halides is 9. The molecule has 0 aliphatic carbocycles. The molecule has 218 valence electrons. The van der Waals surface area contributed by atoms with E-state index in [0.717, 1.165) is 10.9 Å². The first-order valence-electron chi connectivity index (χ1n) is 11.3. The maximum absolute atomic E-state index is 14.0. The highest BCUT2D eigenvalue weighted by Gasteiger charge is 2.42. The van der Waals surface area contributed by atoms with Crippen molar-refractivity contribution in [2.24, 2.45) is 0 Å². The zero-order valence-electron chi connectivity index (χ0n) is 20.2. The zero-order chi connectivity index (χ0) is 29.5. The van der Waals surface area contributed by atoms with Crippen molar-refractivity contribution in [1.82, 2.24) is 29.9 Å². The van der Waals surface area contributed by atoms with Crippen molar-refractivity contribution in [3.8, 4) is 0 Å². The smallest absolute Gasteiger partial charge is 0.378 e. The van der Waals surface area contributed by atoms with E-state index in [1.807, 2.05) is 0 Å². The van der Waals surface area contributed by atoms with E-state index in [1.165, 1.54) is 11.8 Å². The molecule has 1 aliphatic heterocycles. The van der Waals surface area contributed by atoms with Gasteiger partial charge in [-0.05, 0) is 6.92 Å². The van der Waals surface area contributed by atoms with Gasteiger partial charge in [0.05, 0.1) is 49.4 Å². The molecule has 3 aromatic heterocycles. The average Bonchev–Trinajstić information content (AvgIpc) is 3.20. The fourth-order valence-corrected chi connectivity index (χ4v) is 4.03. The Balaban J connectivity index is 1.47. The van der Waals surface area contributed by atoms with E-state index in [4.69, 9.17) is 4.74 Å². The summed E-state index contributed by atoms with van der Waals surface area (Å²) < 4.78 is 126. The average molecular weight is 586 g/mol. The van der Waals surface area contributed by atoms with Crippen LogP contribution < -0.4 is 15.8 Å². The first-order valence-corrected chi connectivity index (χ1v) is 11.3. The van der Waals surface area contributed by atoms with Crippen molar-refractivity contribution < 1.29 is 44.3 Å². The molecule has 40 heavy (non-hydrogen) atoms. The molecule has 0 spiro atoms. The third-order valence-electron chi connectivity index (χ3n) is 5.73. The number of halogens is 9. The largest absolute Gasteiger partial charge is 0.423 e. The summed E-state index contributed by atoms with van der Waals surface area (Å²) >= 11 is 0. The normalized spacial score (nSPS) is 15.2. The van der Waals surface area contributed by atoms with Crippen LogP contribution >= 0.6 is 0 Å². The van der Waals surface area contributed by atoms with Crippen LogP contribution in [0.2, 0.25) is 0 Å². The van der Waals surface area contributed by atoms with E-state index >= 15 is 0 Å². The molecule has 0 radical (unpaired) electrons. The lowest BCUT2D eigenvalue weighted by atomic mass is 10.1. The van der Waals surface area contributed by atoms with E-state index in [-0.39, 0.29) is 31.3 Å². The number of aromatic nitrogens is 6. The molecule has 4 heterocycles. The minimum absolute atomic E-state index is 0.0590. The maximum Gasteiger partial charge on any atom is 0.423 e. The second-order valence-corrected chi connectivity index (χ2v) is 8.73. The molecule has 0 saturated carbocycles. The highest BCUT2D eigenvalue weighted by molar-refractivity contribution is 5.50. The number of aromatic amines is 1. The van der Waals surface area contributed by atoms with Gasteiger partial charge >= 0.3 is 18.5 Å². The van der Waals surface area contributed by atoms with Crippen LogP contribution in [0.4, 0.5) is 51.1 Å². The number of anilines is 2. The Morgan fingerprint density at radius 3 is 2.23 bits per heavy atom. The van der Waals surface area contributed by atoms with Gasteiger partial charge in [-0.15, -0.1) is 0 Å². The molecule has 0 fully saturated rings. The Kier molecular flexibility index (Phi) is 7.70. The summed E-state index contributed by atoms with van der Waals surface area (Å²) in [6, 6.07) is -0.886.